The Bertz CT molecular complexity index is 608. The molecule has 0 aliphatic heterocycles. The lowest BCUT2D eigenvalue weighted by molar-refractivity contribution is 0.0979. The van der Waals surface area contributed by atoms with E-state index in [9.17, 15) is 9.50 Å². The van der Waals surface area contributed by atoms with Crippen LogP contribution in [-0.4, -0.2) is 5.11 Å². The Labute approximate surface area is 125 Å². The molecule has 19 heavy (non-hydrogen) atoms. The summed E-state index contributed by atoms with van der Waals surface area (Å²) in [6, 6.07) is 10.5. The number of hydrogen-bond donors (Lipinski definition) is 1. The maximum atomic E-state index is 14.2. The first kappa shape index (κ1) is 14.5. The molecule has 0 bridgehead atoms. The van der Waals surface area contributed by atoms with Crippen molar-refractivity contribution in [1.82, 2.24) is 0 Å². The van der Waals surface area contributed by atoms with Gasteiger partial charge in [-0.15, -0.1) is 0 Å². The lowest BCUT2D eigenvalue weighted by Gasteiger charge is -2.25. The van der Waals surface area contributed by atoms with Crippen LogP contribution in [0.15, 0.2) is 40.9 Å². The molecule has 0 radical (unpaired) electrons. The highest BCUT2D eigenvalue weighted by Crippen LogP contribution is 2.36. The molecule has 4 heteroatoms. The molecule has 0 saturated heterocycles. The molecule has 1 nitrogen and oxygen atoms in total. The van der Waals surface area contributed by atoms with Crippen LogP contribution in [0.4, 0.5) is 4.39 Å². The van der Waals surface area contributed by atoms with Crippen molar-refractivity contribution in [1.29, 1.82) is 0 Å². The van der Waals surface area contributed by atoms with Crippen LogP contribution in [0.3, 0.4) is 0 Å². The van der Waals surface area contributed by atoms with Crippen molar-refractivity contribution in [2.75, 3.05) is 0 Å². The van der Waals surface area contributed by atoms with Gasteiger partial charge in [-0.3, -0.25) is 0 Å². The third kappa shape index (κ3) is 2.69. The third-order valence-electron chi connectivity index (χ3n) is 3.17. The maximum absolute atomic E-state index is 14.2. The second-order valence-electron chi connectivity index (χ2n) is 4.66. The van der Waals surface area contributed by atoms with Crippen LogP contribution in [0.2, 0.25) is 5.02 Å². The fraction of sp³-hybridized carbons (Fsp3) is 0.200. The smallest absolute Gasteiger partial charge is 0.149 e. The Kier molecular flexibility index (Phi) is 4.00. The molecule has 0 aromatic heterocycles. The Hall–Kier alpha value is -0.900. The summed E-state index contributed by atoms with van der Waals surface area (Å²) in [6.07, 6.45) is 0. The Balaban J connectivity index is 2.56. The molecule has 0 aliphatic rings. The molecule has 2 aromatic rings. The van der Waals surface area contributed by atoms with E-state index < -0.39 is 11.4 Å². The molecule has 1 N–H and O–H groups in total. The Morgan fingerprint density at radius 1 is 1.16 bits per heavy atom. The average Bonchev–Trinajstić information content (AvgIpc) is 2.36. The summed E-state index contributed by atoms with van der Waals surface area (Å²) < 4.78 is 14.7. The van der Waals surface area contributed by atoms with Gasteiger partial charge in [-0.25, -0.2) is 4.39 Å². The third-order valence-corrected chi connectivity index (χ3v) is 4.43. The summed E-state index contributed by atoms with van der Waals surface area (Å²) in [4.78, 5) is 0. The van der Waals surface area contributed by atoms with Gasteiger partial charge in [0.15, 0.2) is 0 Å². The zero-order valence-corrected chi connectivity index (χ0v) is 12.9. The van der Waals surface area contributed by atoms with Crippen molar-refractivity contribution in [2.24, 2.45) is 0 Å². The lowest BCUT2D eigenvalue weighted by Crippen LogP contribution is -2.24. The van der Waals surface area contributed by atoms with Crippen molar-refractivity contribution in [3.8, 4) is 0 Å². The van der Waals surface area contributed by atoms with Gasteiger partial charge in [-0.2, -0.15) is 0 Å². The van der Waals surface area contributed by atoms with Crippen molar-refractivity contribution in [3.63, 3.8) is 0 Å². The number of aliphatic hydroxyl groups is 1. The quantitative estimate of drug-likeness (QED) is 0.776. The van der Waals surface area contributed by atoms with E-state index in [4.69, 9.17) is 11.6 Å². The van der Waals surface area contributed by atoms with Gasteiger partial charge in [0.05, 0.1) is 5.02 Å². The molecular formula is C15H13BrClFO. The predicted octanol–water partition coefficient (Wildman–Crippen LogP) is 4.81. The lowest BCUT2D eigenvalue weighted by atomic mass is 9.87. The highest BCUT2D eigenvalue weighted by atomic mass is 79.9. The molecule has 0 spiro atoms. The summed E-state index contributed by atoms with van der Waals surface area (Å²) in [6.45, 7) is 3.51. The van der Waals surface area contributed by atoms with Gasteiger partial charge in [0.25, 0.3) is 0 Å². The molecule has 1 atom stereocenters. The highest BCUT2D eigenvalue weighted by molar-refractivity contribution is 9.10. The molecular weight excluding hydrogens is 331 g/mol. The summed E-state index contributed by atoms with van der Waals surface area (Å²) >= 11 is 9.03. The zero-order chi connectivity index (χ0) is 14.2. The second kappa shape index (κ2) is 5.23. The van der Waals surface area contributed by atoms with E-state index in [1.54, 1.807) is 25.1 Å². The number of halogens is 3. The van der Waals surface area contributed by atoms with Crippen molar-refractivity contribution >= 4 is 27.5 Å². The topological polar surface area (TPSA) is 20.2 Å². The fourth-order valence-corrected chi connectivity index (χ4v) is 2.41. The average molecular weight is 344 g/mol. The van der Waals surface area contributed by atoms with Crippen LogP contribution in [-0.2, 0) is 5.60 Å². The van der Waals surface area contributed by atoms with E-state index in [1.807, 2.05) is 19.1 Å². The SMILES string of the molecule is Cc1ccc(C(C)(O)c2ccc(Br)c(Cl)c2F)cc1. The molecule has 2 rings (SSSR count). The summed E-state index contributed by atoms with van der Waals surface area (Å²) in [5.74, 6) is -0.610. The van der Waals surface area contributed by atoms with Crippen LogP contribution < -0.4 is 0 Å². The van der Waals surface area contributed by atoms with Crippen LogP contribution >= 0.6 is 27.5 Å². The molecule has 0 heterocycles. The summed E-state index contributed by atoms with van der Waals surface area (Å²) in [5, 5.41) is 10.6. The highest BCUT2D eigenvalue weighted by Gasteiger charge is 2.30. The van der Waals surface area contributed by atoms with Gasteiger partial charge < -0.3 is 5.11 Å². The molecule has 0 amide bonds. The Morgan fingerprint density at radius 3 is 2.32 bits per heavy atom. The fourth-order valence-electron chi connectivity index (χ4n) is 1.94. The first-order valence-corrected chi connectivity index (χ1v) is 6.94. The molecule has 0 saturated carbocycles. The molecule has 1 unspecified atom stereocenters. The maximum Gasteiger partial charge on any atom is 0.149 e. The van der Waals surface area contributed by atoms with E-state index in [2.05, 4.69) is 15.9 Å². The van der Waals surface area contributed by atoms with E-state index >= 15 is 0 Å². The van der Waals surface area contributed by atoms with Crippen molar-refractivity contribution < 1.29 is 9.50 Å². The standard InChI is InChI=1S/C15H13BrClFO/c1-9-3-5-10(6-4-9)15(2,19)11-7-8-12(16)13(17)14(11)18/h3-8,19H,1-2H3. The van der Waals surface area contributed by atoms with E-state index in [-0.39, 0.29) is 10.6 Å². The first-order chi connectivity index (χ1) is 8.84. The minimum Gasteiger partial charge on any atom is -0.381 e. The molecule has 100 valence electrons. The van der Waals surface area contributed by atoms with Crippen LogP contribution in [0.1, 0.15) is 23.6 Å². The zero-order valence-electron chi connectivity index (χ0n) is 10.5. The van der Waals surface area contributed by atoms with Crippen LogP contribution in [0, 0.1) is 12.7 Å². The predicted molar refractivity (Wildman–Crippen MR) is 79.0 cm³/mol. The largest absolute Gasteiger partial charge is 0.381 e. The van der Waals surface area contributed by atoms with E-state index in [1.165, 1.54) is 6.07 Å². The minimum atomic E-state index is -1.43. The van der Waals surface area contributed by atoms with E-state index in [0.717, 1.165) is 5.56 Å². The van der Waals surface area contributed by atoms with Crippen molar-refractivity contribution in [2.45, 2.75) is 19.4 Å². The van der Waals surface area contributed by atoms with E-state index in [0.29, 0.717) is 10.0 Å². The number of aryl methyl sites for hydroxylation is 1. The molecule has 0 fully saturated rings. The number of hydrogen-bond acceptors (Lipinski definition) is 1. The normalized spacial score (nSPS) is 14.2. The number of benzene rings is 2. The first-order valence-electron chi connectivity index (χ1n) is 5.77. The van der Waals surface area contributed by atoms with Gasteiger partial charge >= 0.3 is 0 Å². The van der Waals surface area contributed by atoms with Gasteiger partial charge in [0.2, 0.25) is 0 Å². The second-order valence-corrected chi connectivity index (χ2v) is 5.89. The number of rotatable bonds is 2. The van der Waals surface area contributed by atoms with Crippen molar-refractivity contribution in [3.05, 3.63) is 68.4 Å². The molecule has 2 aromatic carbocycles. The van der Waals surface area contributed by atoms with Gasteiger partial charge in [0.1, 0.15) is 11.4 Å². The molecule has 0 aliphatic carbocycles. The van der Waals surface area contributed by atoms with Gasteiger partial charge in [-0.05, 0) is 41.4 Å². The summed E-state index contributed by atoms with van der Waals surface area (Å²) in [5.41, 5.74) is 0.427. The van der Waals surface area contributed by atoms with Crippen LogP contribution in [0.5, 0.6) is 0 Å². The van der Waals surface area contributed by atoms with Crippen LogP contribution in [0.25, 0.3) is 0 Å². The van der Waals surface area contributed by atoms with Gasteiger partial charge in [-0.1, -0.05) is 47.5 Å². The minimum absolute atomic E-state index is 0.0233. The Morgan fingerprint density at radius 2 is 1.74 bits per heavy atom. The summed E-state index contributed by atoms with van der Waals surface area (Å²) in [7, 11) is 0. The monoisotopic (exact) mass is 342 g/mol. The van der Waals surface area contributed by atoms with Gasteiger partial charge in [0, 0.05) is 10.0 Å².